The van der Waals surface area contributed by atoms with Gasteiger partial charge in [-0.15, -0.1) is 5.10 Å². The Morgan fingerprint density at radius 2 is 2.07 bits per heavy atom. The molecule has 3 heterocycles. The van der Waals surface area contributed by atoms with Crippen LogP contribution in [0.5, 0.6) is 0 Å². The molecule has 68 valence electrons. The van der Waals surface area contributed by atoms with Crippen molar-refractivity contribution in [3.05, 3.63) is 33.8 Å². The Balaban J connectivity index is 2.36. The van der Waals surface area contributed by atoms with Gasteiger partial charge in [0.15, 0.2) is 0 Å². The lowest BCUT2D eigenvalue weighted by atomic mass is 10.1. The van der Waals surface area contributed by atoms with Crippen LogP contribution in [0.2, 0.25) is 0 Å². The Labute approximate surface area is 88.9 Å². The van der Waals surface area contributed by atoms with E-state index in [0.29, 0.717) is 0 Å². The zero-order valence-corrected chi connectivity index (χ0v) is 8.81. The van der Waals surface area contributed by atoms with Crippen LogP contribution in [0.25, 0.3) is 22.0 Å². The summed E-state index contributed by atoms with van der Waals surface area (Å²) in [5, 5.41) is 18.9. The first kappa shape index (κ1) is 8.08. The van der Waals surface area contributed by atoms with E-state index in [1.165, 1.54) is 10.8 Å². The average molecular weight is 218 g/mol. The van der Waals surface area contributed by atoms with Crippen molar-refractivity contribution in [3.8, 4) is 11.3 Å². The van der Waals surface area contributed by atoms with Gasteiger partial charge in [-0.1, -0.05) is 0 Å². The lowest BCUT2D eigenvalue weighted by Gasteiger charge is -1.96. The first-order chi connectivity index (χ1) is 6.95. The minimum atomic E-state index is 0.991. The summed E-state index contributed by atoms with van der Waals surface area (Å²) in [5.41, 5.74) is 2.15. The Hall–Kier alpha value is -1.26. The number of fused-ring (bicyclic) bond motifs is 1. The highest BCUT2D eigenvalue weighted by molar-refractivity contribution is 7.09. The van der Waals surface area contributed by atoms with Crippen LogP contribution in [0.3, 0.4) is 0 Å². The van der Waals surface area contributed by atoms with Crippen LogP contribution >= 0.6 is 22.7 Å². The molecule has 0 atom stereocenters. The Kier molecular flexibility index (Phi) is 1.82. The third-order valence-electron chi connectivity index (χ3n) is 2.10. The van der Waals surface area contributed by atoms with E-state index in [9.17, 15) is 0 Å². The van der Waals surface area contributed by atoms with Crippen LogP contribution < -0.4 is 0 Å². The first-order valence-electron chi connectivity index (χ1n) is 4.15. The van der Waals surface area contributed by atoms with Crippen molar-refractivity contribution >= 4 is 33.4 Å². The molecule has 3 rings (SSSR count). The summed E-state index contributed by atoms with van der Waals surface area (Å²) in [6.07, 6.45) is 1.81. The average Bonchev–Trinajstić information content (AvgIpc) is 2.88. The van der Waals surface area contributed by atoms with Gasteiger partial charge in [-0.3, -0.25) is 0 Å². The van der Waals surface area contributed by atoms with Crippen LogP contribution in [-0.2, 0) is 0 Å². The summed E-state index contributed by atoms with van der Waals surface area (Å²) in [6.45, 7) is 0. The van der Waals surface area contributed by atoms with E-state index in [0.717, 1.165) is 11.3 Å². The minimum Gasteiger partial charge on any atom is -0.158 e. The van der Waals surface area contributed by atoms with Crippen molar-refractivity contribution in [1.82, 2.24) is 10.2 Å². The summed E-state index contributed by atoms with van der Waals surface area (Å²) in [7, 11) is 0. The molecule has 3 aromatic heterocycles. The van der Waals surface area contributed by atoms with Gasteiger partial charge in [-0.05, 0) is 11.4 Å². The van der Waals surface area contributed by atoms with E-state index in [1.807, 2.05) is 6.20 Å². The maximum atomic E-state index is 4.18. The number of hydrogen-bond donors (Lipinski definition) is 0. The maximum absolute atomic E-state index is 4.18. The molecular formula is C10H6N2S2. The molecule has 0 radical (unpaired) electrons. The first-order valence-corrected chi connectivity index (χ1v) is 6.04. The molecule has 0 aromatic carbocycles. The maximum Gasteiger partial charge on any atom is 0.102 e. The summed E-state index contributed by atoms with van der Waals surface area (Å²) in [4.78, 5) is 0. The van der Waals surface area contributed by atoms with Gasteiger partial charge in [0.1, 0.15) is 5.69 Å². The van der Waals surface area contributed by atoms with Gasteiger partial charge in [-0.2, -0.15) is 27.8 Å². The molecule has 0 amide bonds. The summed E-state index contributed by atoms with van der Waals surface area (Å²) in [6, 6.07) is 2.08. The molecule has 14 heavy (non-hydrogen) atoms. The van der Waals surface area contributed by atoms with Crippen LogP contribution in [-0.4, -0.2) is 10.2 Å². The van der Waals surface area contributed by atoms with Gasteiger partial charge in [0.25, 0.3) is 0 Å². The normalized spacial score (nSPS) is 10.9. The molecular weight excluding hydrogens is 212 g/mol. The second kappa shape index (κ2) is 3.15. The monoisotopic (exact) mass is 218 g/mol. The second-order valence-electron chi connectivity index (χ2n) is 2.95. The van der Waals surface area contributed by atoms with Gasteiger partial charge in [0.2, 0.25) is 0 Å². The summed E-state index contributed by atoms with van der Waals surface area (Å²) >= 11 is 3.37. The van der Waals surface area contributed by atoms with E-state index in [2.05, 4.69) is 37.8 Å². The van der Waals surface area contributed by atoms with Crippen LogP contribution in [0.1, 0.15) is 0 Å². The molecule has 4 heteroatoms. The third-order valence-corrected chi connectivity index (χ3v) is 3.54. The topological polar surface area (TPSA) is 25.8 Å². The molecule has 0 aliphatic heterocycles. The predicted octanol–water partition coefficient (Wildman–Crippen LogP) is 3.42. The molecule has 0 aliphatic carbocycles. The molecule has 3 aromatic rings. The molecule has 2 nitrogen and oxygen atoms in total. The smallest absolute Gasteiger partial charge is 0.102 e. The Bertz CT molecular complexity index is 554. The lowest BCUT2D eigenvalue weighted by Crippen LogP contribution is -1.85. The van der Waals surface area contributed by atoms with Crippen molar-refractivity contribution in [1.29, 1.82) is 0 Å². The number of hydrogen-bond acceptors (Lipinski definition) is 4. The number of rotatable bonds is 1. The van der Waals surface area contributed by atoms with Crippen molar-refractivity contribution in [3.63, 3.8) is 0 Å². The summed E-state index contributed by atoms with van der Waals surface area (Å²) in [5.74, 6) is 0. The van der Waals surface area contributed by atoms with Crippen LogP contribution in [0.15, 0.2) is 33.8 Å². The largest absolute Gasteiger partial charge is 0.158 e. The van der Waals surface area contributed by atoms with Gasteiger partial charge in [0, 0.05) is 32.5 Å². The van der Waals surface area contributed by atoms with Crippen molar-refractivity contribution < 1.29 is 0 Å². The zero-order chi connectivity index (χ0) is 9.38. The molecule has 0 N–H and O–H groups in total. The van der Waals surface area contributed by atoms with E-state index >= 15 is 0 Å². The van der Waals surface area contributed by atoms with Crippen LogP contribution in [0, 0.1) is 0 Å². The molecule has 0 unspecified atom stereocenters. The predicted molar refractivity (Wildman–Crippen MR) is 60.7 cm³/mol. The van der Waals surface area contributed by atoms with Gasteiger partial charge in [0.05, 0.1) is 6.20 Å². The van der Waals surface area contributed by atoms with Crippen LogP contribution in [0.4, 0.5) is 0 Å². The zero-order valence-electron chi connectivity index (χ0n) is 7.18. The molecule has 0 aliphatic rings. The van der Waals surface area contributed by atoms with Crippen molar-refractivity contribution in [2.45, 2.75) is 0 Å². The lowest BCUT2D eigenvalue weighted by molar-refractivity contribution is 1.06. The van der Waals surface area contributed by atoms with Crippen molar-refractivity contribution in [2.75, 3.05) is 0 Å². The van der Waals surface area contributed by atoms with Crippen molar-refractivity contribution in [2.24, 2.45) is 0 Å². The SMILES string of the molecule is c1cc(-c2nncc3cscc23)cs1. The van der Waals surface area contributed by atoms with E-state index in [1.54, 1.807) is 22.7 Å². The molecule has 0 bridgehead atoms. The van der Waals surface area contributed by atoms with E-state index in [-0.39, 0.29) is 0 Å². The quantitative estimate of drug-likeness (QED) is 0.625. The van der Waals surface area contributed by atoms with E-state index in [4.69, 9.17) is 0 Å². The number of thiophene rings is 2. The minimum absolute atomic E-state index is 0.991. The second-order valence-corrected chi connectivity index (χ2v) is 4.47. The van der Waals surface area contributed by atoms with Gasteiger partial charge in [-0.25, -0.2) is 0 Å². The number of aromatic nitrogens is 2. The fourth-order valence-corrected chi connectivity index (χ4v) is 2.84. The number of nitrogens with zero attached hydrogens (tertiary/aromatic N) is 2. The highest BCUT2D eigenvalue weighted by Gasteiger charge is 2.06. The molecule has 0 saturated carbocycles. The third kappa shape index (κ3) is 1.15. The highest BCUT2D eigenvalue weighted by Crippen LogP contribution is 2.29. The molecule has 0 saturated heterocycles. The van der Waals surface area contributed by atoms with E-state index < -0.39 is 0 Å². The standard InChI is InChI=1S/C10H6N2S2/c1-2-13-4-7(1)10-9-6-14-5-8(9)3-11-12-10/h1-6H. The Morgan fingerprint density at radius 3 is 2.93 bits per heavy atom. The molecule has 0 fully saturated rings. The highest BCUT2D eigenvalue weighted by atomic mass is 32.1. The Morgan fingerprint density at radius 1 is 1.07 bits per heavy atom. The fourth-order valence-electron chi connectivity index (χ4n) is 1.41. The fraction of sp³-hybridized carbons (Fsp3) is 0. The molecule has 0 spiro atoms. The van der Waals surface area contributed by atoms with Gasteiger partial charge >= 0.3 is 0 Å². The summed E-state index contributed by atoms with van der Waals surface area (Å²) < 4.78 is 0. The van der Waals surface area contributed by atoms with Gasteiger partial charge < -0.3 is 0 Å².